The first-order valence-electron chi connectivity index (χ1n) is 7.42. The van der Waals surface area contributed by atoms with Crippen molar-refractivity contribution in [1.29, 1.82) is 0 Å². The highest BCUT2D eigenvalue weighted by Gasteiger charge is 2.11. The molecule has 0 unspecified atom stereocenters. The number of amides is 1. The highest BCUT2D eigenvalue weighted by atomic mass is 16.5. The van der Waals surface area contributed by atoms with Gasteiger partial charge in [-0.3, -0.25) is 9.69 Å². The van der Waals surface area contributed by atoms with Gasteiger partial charge in [-0.15, -0.1) is 0 Å². The number of nitrogens with one attached hydrogen (secondary N) is 1. The maximum atomic E-state index is 11.4. The van der Waals surface area contributed by atoms with Crippen LogP contribution in [0.3, 0.4) is 0 Å². The third-order valence-corrected chi connectivity index (χ3v) is 3.55. The van der Waals surface area contributed by atoms with Gasteiger partial charge in [-0.2, -0.15) is 0 Å². The fraction of sp³-hybridized carbons (Fsp3) is 0.562. The van der Waals surface area contributed by atoms with Crippen LogP contribution in [0.15, 0.2) is 24.3 Å². The number of carbonyl (C=O) groups excluding carboxylic acids is 1. The summed E-state index contributed by atoms with van der Waals surface area (Å²) in [6.45, 7) is 6.63. The molecule has 1 aliphatic rings. The van der Waals surface area contributed by atoms with Crippen molar-refractivity contribution in [3.63, 3.8) is 0 Å². The van der Waals surface area contributed by atoms with Gasteiger partial charge in [0.2, 0.25) is 5.91 Å². The quantitative estimate of drug-likeness (QED) is 0.827. The van der Waals surface area contributed by atoms with Gasteiger partial charge in [-0.1, -0.05) is 24.3 Å². The predicted octanol–water partition coefficient (Wildman–Crippen LogP) is 1.94. The molecular formula is C16H24N2O2. The van der Waals surface area contributed by atoms with Gasteiger partial charge in [-0.25, -0.2) is 0 Å². The zero-order chi connectivity index (χ0) is 14.2. The fourth-order valence-electron chi connectivity index (χ4n) is 2.41. The number of likely N-dealkylation sites (tertiary alicyclic amines) is 1. The maximum absolute atomic E-state index is 11.4. The fourth-order valence-corrected chi connectivity index (χ4v) is 2.41. The Morgan fingerprint density at radius 3 is 2.50 bits per heavy atom. The smallest absolute Gasteiger partial charge is 0.246 e. The highest BCUT2D eigenvalue weighted by molar-refractivity contribution is 5.77. The summed E-state index contributed by atoms with van der Waals surface area (Å²) < 4.78 is 5.06. The minimum absolute atomic E-state index is 0.0620. The number of carbonyl (C=O) groups is 1. The molecule has 0 radical (unpaired) electrons. The number of benzene rings is 1. The predicted molar refractivity (Wildman–Crippen MR) is 79.3 cm³/mol. The molecule has 1 aliphatic heterocycles. The van der Waals surface area contributed by atoms with Crippen molar-refractivity contribution in [3.05, 3.63) is 35.4 Å². The van der Waals surface area contributed by atoms with Crippen LogP contribution in [-0.4, -0.2) is 37.1 Å². The summed E-state index contributed by atoms with van der Waals surface area (Å²) in [7, 11) is 0. The molecule has 0 atom stereocenters. The van der Waals surface area contributed by atoms with Crippen molar-refractivity contribution in [2.45, 2.75) is 32.9 Å². The molecule has 110 valence electrons. The Bertz CT molecular complexity index is 411. The van der Waals surface area contributed by atoms with E-state index in [0.29, 0.717) is 13.2 Å². The molecule has 1 N–H and O–H groups in total. The Kier molecular flexibility index (Phi) is 6.02. The second kappa shape index (κ2) is 8.02. The molecule has 0 spiro atoms. The van der Waals surface area contributed by atoms with Crippen molar-refractivity contribution in [3.8, 4) is 0 Å². The Labute approximate surface area is 121 Å². The lowest BCUT2D eigenvalue weighted by Crippen LogP contribution is -2.27. The Morgan fingerprint density at radius 1 is 1.20 bits per heavy atom. The summed E-state index contributed by atoms with van der Waals surface area (Å²) in [6.07, 6.45) is 2.65. The summed E-state index contributed by atoms with van der Waals surface area (Å²) >= 11 is 0. The molecule has 2 rings (SSSR count). The maximum Gasteiger partial charge on any atom is 0.246 e. The summed E-state index contributed by atoms with van der Waals surface area (Å²) in [5, 5.41) is 2.85. The van der Waals surface area contributed by atoms with Crippen molar-refractivity contribution in [2.75, 3.05) is 26.3 Å². The van der Waals surface area contributed by atoms with Gasteiger partial charge in [0.1, 0.15) is 6.61 Å². The van der Waals surface area contributed by atoms with Crippen LogP contribution in [0.1, 0.15) is 30.9 Å². The molecule has 1 amide bonds. The molecule has 1 saturated heterocycles. The normalized spacial score (nSPS) is 15.4. The number of rotatable bonds is 7. The minimum atomic E-state index is -0.0620. The van der Waals surface area contributed by atoms with E-state index in [1.54, 1.807) is 0 Å². The Balaban J connectivity index is 1.74. The molecule has 1 aromatic carbocycles. The highest BCUT2D eigenvalue weighted by Crippen LogP contribution is 2.13. The zero-order valence-corrected chi connectivity index (χ0v) is 12.2. The lowest BCUT2D eigenvalue weighted by molar-refractivity contribution is -0.125. The van der Waals surface area contributed by atoms with E-state index < -0.39 is 0 Å². The number of hydrogen-bond acceptors (Lipinski definition) is 3. The summed E-state index contributed by atoms with van der Waals surface area (Å²) in [4.78, 5) is 13.9. The lowest BCUT2D eigenvalue weighted by Gasteiger charge is -2.14. The third kappa shape index (κ3) is 4.94. The van der Waals surface area contributed by atoms with Crippen LogP contribution in [0.25, 0.3) is 0 Å². The van der Waals surface area contributed by atoms with Crippen LogP contribution in [0, 0.1) is 0 Å². The third-order valence-electron chi connectivity index (χ3n) is 3.55. The van der Waals surface area contributed by atoms with Gasteiger partial charge < -0.3 is 10.1 Å². The number of ether oxygens (including phenoxy) is 1. The van der Waals surface area contributed by atoms with Crippen molar-refractivity contribution in [1.82, 2.24) is 10.2 Å². The van der Waals surface area contributed by atoms with E-state index >= 15 is 0 Å². The van der Waals surface area contributed by atoms with Gasteiger partial charge in [0, 0.05) is 19.7 Å². The van der Waals surface area contributed by atoms with E-state index in [4.69, 9.17) is 4.74 Å². The van der Waals surface area contributed by atoms with Crippen molar-refractivity contribution >= 4 is 5.91 Å². The SMILES string of the molecule is CCOCC(=O)NCc1ccc(CN2CCCC2)cc1. The van der Waals surface area contributed by atoms with Crippen LogP contribution in [0.2, 0.25) is 0 Å². The number of hydrogen-bond donors (Lipinski definition) is 1. The molecule has 4 nitrogen and oxygen atoms in total. The molecule has 4 heteroatoms. The average molecular weight is 276 g/mol. The summed E-state index contributed by atoms with van der Waals surface area (Å²) in [6, 6.07) is 8.49. The topological polar surface area (TPSA) is 41.6 Å². The summed E-state index contributed by atoms with van der Waals surface area (Å²) in [5.74, 6) is -0.0620. The van der Waals surface area contributed by atoms with Crippen molar-refractivity contribution < 1.29 is 9.53 Å². The number of nitrogens with zero attached hydrogens (tertiary/aromatic N) is 1. The molecule has 0 aliphatic carbocycles. The van der Waals surface area contributed by atoms with Gasteiger partial charge in [0.25, 0.3) is 0 Å². The summed E-state index contributed by atoms with van der Waals surface area (Å²) in [5.41, 5.74) is 2.47. The van der Waals surface area contributed by atoms with Crippen molar-refractivity contribution in [2.24, 2.45) is 0 Å². The van der Waals surface area contributed by atoms with Gasteiger partial charge in [0.05, 0.1) is 0 Å². The average Bonchev–Trinajstić information content (AvgIpc) is 2.97. The second-order valence-corrected chi connectivity index (χ2v) is 5.21. The first-order valence-corrected chi connectivity index (χ1v) is 7.42. The monoisotopic (exact) mass is 276 g/mol. The van der Waals surface area contributed by atoms with E-state index in [9.17, 15) is 4.79 Å². The molecular weight excluding hydrogens is 252 g/mol. The second-order valence-electron chi connectivity index (χ2n) is 5.21. The van der Waals surface area contributed by atoms with Crippen LogP contribution in [-0.2, 0) is 22.6 Å². The molecule has 0 aromatic heterocycles. The Morgan fingerprint density at radius 2 is 1.85 bits per heavy atom. The van der Waals surface area contributed by atoms with E-state index in [-0.39, 0.29) is 12.5 Å². The zero-order valence-electron chi connectivity index (χ0n) is 12.2. The van der Waals surface area contributed by atoms with E-state index in [1.165, 1.54) is 31.5 Å². The minimum Gasteiger partial charge on any atom is -0.372 e. The molecule has 0 bridgehead atoms. The van der Waals surface area contributed by atoms with Crippen LogP contribution in [0.4, 0.5) is 0 Å². The van der Waals surface area contributed by atoms with Crippen LogP contribution >= 0.6 is 0 Å². The Hall–Kier alpha value is -1.39. The van der Waals surface area contributed by atoms with Gasteiger partial charge >= 0.3 is 0 Å². The first kappa shape index (κ1) is 15.0. The van der Waals surface area contributed by atoms with Crippen LogP contribution < -0.4 is 5.32 Å². The first-order chi connectivity index (χ1) is 9.78. The van der Waals surface area contributed by atoms with E-state index in [1.807, 2.05) is 6.92 Å². The lowest BCUT2D eigenvalue weighted by atomic mass is 10.1. The largest absolute Gasteiger partial charge is 0.372 e. The molecule has 1 fully saturated rings. The molecule has 20 heavy (non-hydrogen) atoms. The molecule has 1 aromatic rings. The molecule has 1 heterocycles. The van der Waals surface area contributed by atoms with Gasteiger partial charge in [0.15, 0.2) is 0 Å². The standard InChI is InChI=1S/C16H24N2O2/c1-2-20-13-16(19)17-11-14-5-7-15(8-6-14)12-18-9-3-4-10-18/h5-8H,2-4,9-13H2,1H3,(H,17,19). The van der Waals surface area contributed by atoms with Crippen LogP contribution in [0.5, 0.6) is 0 Å². The van der Waals surface area contributed by atoms with E-state index in [0.717, 1.165) is 12.1 Å². The van der Waals surface area contributed by atoms with E-state index in [2.05, 4.69) is 34.5 Å². The van der Waals surface area contributed by atoms with Gasteiger partial charge in [-0.05, 0) is 44.0 Å². The molecule has 0 saturated carbocycles.